The molecule has 7 nitrogen and oxygen atoms in total. The normalized spacial score (nSPS) is 12.0. The second kappa shape index (κ2) is 8.52. The number of nitriles is 1. The Morgan fingerprint density at radius 2 is 2.15 bits per heavy atom. The van der Waals surface area contributed by atoms with Crippen molar-refractivity contribution in [2.75, 3.05) is 6.61 Å². The predicted octanol–water partition coefficient (Wildman–Crippen LogP) is 2.92. The van der Waals surface area contributed by atoms with E-state index in [1.54, 1.807) is 0 Å². The van der Waals surface area contributed by atoms with Gasteiger partial charge in [0.05, 0.1) is 12.3 Å². The monoisotopic (exact) mass is 365 g/mol. The number of hydrogen-bond donors (Lipinski definition) is 2. The molecule has 0 aliphatic rings. The van der Waals surface area contributed by atoms with E-state index >= 15 is 0 Å². The van der Waals surface area contributed by atoms with E-state index in [2.05, 4.69) is 29.2 Å². The van der Waals surface area contributed by atoms with Crippen LogP contribution in [0.25, 0.3) is 5.65 Å². The molecule has 0 spiro atoms. The summed E-state index contributed by atoms with van der Waals surface area (Å²) in [4.78, 5) is 16.5. The van der Waals surface area contributed by atoms with Crippen molar-refractivity contribution in [3.63, 3.8) is 0 Å². The van der Waals surface area contributed by atoms with Gasteiger partial charge in [0.15, 0.2) is 5.65 Å². The van der Waals surface area contributed by atoms with Crippen molar-refractivity contribution >= 4 is 5.65 Å². The van der Waals surface area contributed by atoms with Gasteiger partial charge in [-0.05, 0) is 31.0 Å². The van der Waals surface area contributed by atoms with Gasteiger partial charge in [0.25, 0.3) is 5.56 Å². The lowest BCUT2D eigenvalue weighted by molar-refractivity contribution is 0.309. The average molecular weight is 365 g/mol. The fourth-order valence-electron chi connectivity index (χ4n) is 2.76. The highest BCUT2D eigenvalue weighted by Gasteiger charge is 2.10. The second-order valence-corrected chi connectivity index (χ2v) is 6.42. The maximum absolute atomic E-state index is 12.1. The fourth-order valence-corrected chi connectivity index (χ4v) is 2.76. The summed E-state index contributed by atoms with van der Waals surface area (Å²) in [6, 6.07) is 11.6. The van der Waals surface area contributed by atoms with Gasteiger partial charge in [0, 0.05) is 24.8 Å². The number of ether oxygens (including phenoxy) is 1. The number of nitrogens with zero attached hydrogens (tertiary/aromatic N) is 3. The summed E-state index contributed by atoms with van der Waals surface area (Å²) in [7, 11) is 0. The zero-order valence-electron chi connectivity index (χ0n) is 15.5. The molecule has 1 aromatic carbocycles. The first-order valence-electron chi connectivity index (χ1n) is 9.08. The summed E-state index contributed by atoms with van der Waals surface area (Å²) in [6.45, 7) is 5.35. The largest absolute Gasteiger partial charge is 0.494 e. The molecule has 0 fully saturated rings. The smallest absolute Gasteiger partial charge is 0.272 e. The van der Waals surface area contributed by atoms with Crippen molar-refractivity contribution in [1.82, 2.24) is 19.9 Å². The second-order valence-electron chi connectivity index (χ2n) is 6.42. The molecule has 2 N–H and O–H groups in total. The average Bonchev–Trinajstić information content (AvgIpc) is 3.10. The molecule has 0 radical (unpaired) electrons. The van der Waals surface area contributed by atoms with Crippen molar-refractivity contribution in [1.29, 1.82) is 5.26 Å². The molecule has 7 heteroatoms. The first kappa shape index (κ1) is 18.7. The zero-order valence-corrected chi connectivity index (χ0v) is 15.5. The van der Waals surface area contributed by atoms with Crippen LogP contribution in [-0.2, 0) is 6.54 Å². The predicted molar refractivity (Wildman–Crippen MR) is 103 cm³/mol. The number of aromatic nitrogens is 3. The first-order chi connectivity index (χ1) is 13.1. The molecule has 1 atom stereocenters. The van der Waals surface area contributed by atoms with Gasteiger partial charge in [-0.25, -0.2) is 9.50 Å². The van der Waals surface area contributed by atoms with Crippen LogP contribution in [0.1, 0.15) is 49.6 Å². The number of benzene rings is 1. The van der Waals surface area contributed by atoms with Gasteiger partial charge < -0.3 is 10.1 Å². The van der Waals surface area contributed by atoms with Crippen LogP contribution in [0.3, 0.4) is 0 Å². The summed E-state index contributed by atoms with van der Waals surface area (Å²) < 4.78 is 6.95. The van der Waals surface area contributed by atoms with Gasteiger partial charge in [0.2, 0.25) is 0 Å². The number of aromatic amines is 1. The molecule has 0 saturated heterocycles. The van der Waals surface area contributed by atoms with Crippen molar-refractivity contribution in [2.45, 2.75) is 39.3 Å². The molecule has 0 aliphatic heterocycles. The van der Waals surface area contributed by atoms with Crippen LogP contribution < -0.4 is 15.6 Å². The van der Waals surface area contributed by atoms with E-state index in [0.717, 1.165) is 30.8 Å². The minimum Gasteiger partial charge on any atom is -0.494 e. The molecule has 0 saturated carbocycles. The summed E-state index contributed by atoms with van der Waals surface area (Å²) in [5, 5.41) is 15.2. The highest BCUT2D eigenvalue weighted by Crippen LogP contribution is 2.18. The number of H-pyrrole nitrogens is 1. The number of nitrogens with one attached hydrogen (secondary N) is 2. The van der Waals surface area contributed by atoms with Gasteiger partial charge in [-0.3, -0.25) is 9.89 Å². The first-order valence-corrected chi connectivity index (χ1v) is 9.08. The third-order valence-corrected chi connectivity index (χ3v) is 4.41. The van der Waals surface area contributed by atoms with Crippen LogP contribution in [0, 0.1) is 11.3 Å². The Labute approximate surface area is 157 Å². The lowest BCUT2D eigenvalue weighted by Crippen LogP contribution is -2.22. The Hall–Kier alpha value is -3.11. The van der Waals surface area contributed by atoms with Crippen molar-refractivity contribution in [3.8, 4) is 11.8 Å². The van der Waals surface area contributed by atoms with E-state index in [1.165, 1.54) is 16.8 Å². The minimum absolute atomic E-state index is 0.0802. The van der Waals surface area contributed by atoms with Crippen LogP contribution in [0.15, 0.2) is 41.3 Å². The number of hydrogen-bond acceptors (Lipinski definition) is 5. The van der Waals surface area contributed by atoms with Crippen molar-refractivity contribution in [3.05, 3.63) is 63.7 Å². The highest BCUT2D eigenvalue weighted by molar-refractivity contribution is 5.53. The Balaban J connectivity index is 1.65. The molecule has 0 bridgehead atoms. The fraction of sp³-hybridized carbons (Fsp3) is 0.350. The van der Waals surface area contributed by atoms with Crippen LogP contribution in [-0.4, -0.2) is 21.2 Å². The topological polar surface area (TPSA) is 95.2 Å². The number of unbranched alkanes of at least 4 members (excludes halogenated alkanes) is 1. The van der Waals surface area contributed by atoms with E-state index in [4.69, 9.17) is 10.00 Å². The third-order valence-electron chi connectivity index (χ3n) is 4.41. The Morgan fingerprint density at radius 1 is 1.37 bits per heavy atom. The molecular weight excluding hydrogens is 342 g/mol. The molecule has 0 aliphatic carbocycles. The van der Waals surface area contributed by atoms with Gasteiger partial charge in [0.1, 0.15) is 17.4 Å². The van der Waals surface area contributed by atoms with Gasteiger partial charge in [-0.2, -0.15) is 5.26 Å². The van der Waals surface area contributed by atoms with E-state index in [1.807, 2.05) is 30.3 Å². The van der Waals surface area contributed by atoms with Gasteiger partial charge in [-0.15, -0.1) is 0 Å². The summed E-state index contributed by atoms with van der Waals surface area (Å²) in [5.41, 5.74) is 2.18. The van der Waals surface area contributed by atoms with E-state index in [0.29, 0.717) is 23.4 Å². The van der Waals surface area contributed by atoms with E-state index in [-0.39, 0.29) is 11.6 Å². The lowest BCUT2D eigenvalue weighted by atomic mass is 10.1. The summed E-state index contributed by atoms with van der Waals surface area (Å²) in [6.07, 6.45) is 3.64. The van der Waals surface area contributed by atoms with Crippen LogP contribution >= 0.6 is 0 Å². The van der Waals surface area contributed by atoms with E-state index < -0.39 is 0 Å². The quantitative estimate of drug-likeness (QED) is 0.599. The Bertz CT molecular complexity index is 998. The lowest BCUT2D eigenvalue weighted by Gasteiger charge is -2.15. The minimum atomic E-state index is -0.237. The van der Waals surface area contributed by atoms with Crippen LogP contribution in [0.4, 0.5) is 0 Å². The van der Waals surface area contributed by atoms with Gasteiger partial charge in [-0.1, -0.05) is 25.5 Å². The third kappa shape index (κ3) is 4.36. The molecule has 140 valence electrons. The standard InChI is InChI=1S/C20H23N5O2/c1-3-4-9-27-18-7-5-15(6-8-18)14(2)22-13-17-10-19(26)25-20(24-17)16(11-21)12-23-25/h5-8,10,12,14,22-23H,3-4,9,13H2,1-2H3. The van der Waals surface area contributed by atoms with Crippen LogP contribution in [0.5, 0.6) is 5.75 Å². The van der Waals surface area contributed by atoms with Crippen LogP contribution in [0.2, 0.25) is 0 Å². The molecular formula is C20H23N5O2. The zero-order chi connectivity index (χ0) is 19.2. The highest BCUT2D eigenvalue weighted by atomic mass is 16.5. The molecule has 3 rings (SSSR count). The Morgan fingerprint density at radius 3 is 2.85 bits per heavy atom. The molecule has 2 aromatic heterocycles. The maximum Gasteiger partial charge on any atom is 0.272 e. The molecule has 27 heavy (non-hydrogen) atoms. The number of rotatable bonds is 8. The summed E-state index contributed by atoms with van der Waals surface area (Å²) in [5.74, 6) is 0.871. The van der Waals surface area contributed by atoms with Gasteiger partial charge >= 0.3 is 0 Å². The maximum atomic E-state index is 12.1. The van der Waals surface area contributed by atoms with Crippen molar-refractivity contribution < 1.29 is 4.74 Å². The molecule has 1 unspecified atom stereocenters. The molecule has 0 amide bonds. The molecule has 2 heterocycles. The molecule has 3 aromatic rings. The van der Waals surface area contributed by atoms with E-state index in [9.17, 15) is 4.79 Å². The SMILES string of the molecule is CCCCOc1ccc(C(C)NCc2cc(=O)n3[nH]cc(C#N)c3n2)cc1. The van der Waals surface area contributed by atoms with Crippen molar-refractivity contribution in [2.24, 2.45) is 0 Å². The number of fused-ring (bicyclic) bond motifs is 1. The summed E-state index contributed by atoms with van der Waals surface area (Å²) >= 11 is 0. The Kier molecular flexibility index (Phi) is 5.89.